The number of hydrogen-bond acceptors (Lipinski definition) is 3. The summed E-state index contributed by atoms with van der Waals surface area (Å²) in [6.45, 7) is 2.09. The zero-order valence-corrected chi connectivity index (χ0v) is 6.93. The molecule has 2 fully saturated rings. The van der Waals surface area contributed by atoms with Gasteiger partial charge in [0.25, 0.3) is 0 Å². The van der Waals surface area contributed by atoms with E-state index in [-0.39, 0.29) is 11.6 Å². The highest BCUT2D eigenvalue weighted by molar-refractivity contribution is 5.07. The first-order chi connectivity index (χ1) is 5.27. The summed E-state index contributed by atoms with van der Waals surface area (Å²) in [5.74, 6) is 0.641. The Kier molecular flexibility index (Phi) is 1.67. The van der Waals surface area contributed by atoms with E-state index >= 15 is 0 Å². The first-order valence-electron chi connectivity index (χ1n) is 4.34. The predicted molar refractivity (Wildman–Crippen MR) is 43.4 cm³/mol. The number of hydrogen-bond donors (Lipinski definition) is 3. The Hall–Kier alpha value is -0.120. The van der Waals surface area contributed by atoms with E-state index in [0.717, 1.165) is 25.9 Å². The van der Waals surface area contributed by atoms with Crippen LogP contribution >= 0.6 is 0 Å². The Labute approximate surface area is 67.2 Å². The molecule has 2 rings (SSSR count). The Morgan fingerprint density at radius 2 is 2.45 bits per heavy atom. The number of fused-ring (bicyclic) bond motifs is 1. The molecule has 0 aromatic carbocycles. The van der Waals surface area contributed by atoms with Crippen molar-refractivity contribution in [1.29, 1.82) is 0 Å². The van der Waals surface area contributed by atoms with E-state index in [1.807, 2.05) is 7.05 Å². The van der Waals surface area contributed by atoms with E-state index in [2.05, 4.69) is 10.6 Å². The zero-order valence-electron chi connectivity index (χ0n) is 6.93. The highest BCUT2D eigenvalue weighted by atomic mass is 16.3. The van der Waals surface area contributed by atoms with Gasteiger partial charge in [-0.1, -0.05) is 0 Å². The Bertz CT molecular complexity index is 162. The maximum absolute atomic E-state index is 9.46. The molecule has 1 unspecified atom stereocenters. The van der Waals surface area contributed by atoms with Gasteiger partial charge in [-0.25, -0.2) is 0 Å². The normalized spacial score (nSPS) is 49.6. The van der Waals surface area contributed by atoms with Crippen molar-refractivity contribution in [3.05, 3.63) is 0 Å². The SMILES string of the molecule is CN[C@]12CNC[C@H]1CC(O)C2. The average Bonchev–Trinajstić information content (AvgIpc) is 2.43. The van der Waals surface area contributed by atoms with E-state index in [4.69, 9.17) is 0 Å². The first kappa shape index (κ1) is 7.53. The van der Waals surface area contributed by atoms with Crippen LogP contribution in [0.1, 0.15) is 12.8 Å². The van der Waals surface area contributed by atoms with Gasteiger partial charge >= 0.3 is 0 Å². The molecule has 3 heteroatoms. The van der Waals surface area contributed by atoms with Crippen LogP contribution in [-0.4, -0.2) is 36.9 Å². The highest BCUT2D eigenvalue weighted by Crippen LogP contribution is 2.37. The Balaban J connectivity index is 2.15. The fraction of sp³-hybridized carbons (Fsp3) is 1.00. The quantitative estimate of drug-likeness (QED) is 0.471. The molecule has 3 N–H and O–H groups in total. The first-order valence-corrected chi connectivity index (χ1v) is 4.34. The zero-order chi connectivity index (χ0) is 7.90. The van der Waals surface area contributed by atoms with Gasteiger partial charge in [-0.05, 0) is 32.4 Å². The van der Waals surface area contributed by atoms with E-state index < -0.39 is 0 Å². The summed E-state index contributed by atoms with van der Waals surface area (Å²) in [6, 6.07) is 0. The van der Waals surface area contributed by atoms with Crippen LogP contribution in [0.15, 0.2) is 0 Å². The molecule has 64 valence electrons. The average molecular weight is 156 g/mol. The summed E-state index contributed by atoms with van der Waals surface area (Å²) in [4.78, 5) is 0. The van der Waals surface area contributed by atoms with Gasteiger partial charge in [-0.3, -0.25) is 0 Å². The third-order valence-corrected chi connectivity index (χ3v) is 3.27. The Morgan fingerprint density at radius 1 is 1.64 bits per heavy atom. The molecule has 1 heterocycles. The number of nitrogens with one attached hydrogen (secondary N) is 2. The van der Waals surface area contributed by atoms with Crippen LogP contribution in [0.2, 0.25) is 0 Å². The summed E-state index contributed by atoms with van der Waals surface area (Å²) < 4.78 is 0. The molecule has 1 aliphatic carbocycles. The molecule has 0 radical (unpaired) electrons. The van der Waals surface area contributed by atoms with Gasteiger partial charge in [0.1, 0.15) is 0 Å². The van der Waals surface area contributed by atoms with Crippen molar-refractivity contribution in [1.82, 2.24) is 10.6 Å². The van der Waals surface area contributed by atoms with Crippen molar-refractivity contribution in [3.8, 4) is 0 Å². The molecule has 1 saturated heterocycles. The monoisotopic (exact) mass is 156 g/mol. The lowest BCUT2D eigenvalue weighted by atomic mass is 9.91. The lowest BCUT2D eigenvalue weighted by Gasteiger charge is -2.27. The summed E-state index contributed by atoms with van der Waals surface area (Å²) in [6.07, 6.45) is 1.81. The number of aliphatic hydroxyl groups excluding tert-OH is 1. The topological polar surface area (TPSA) is 44.3 Å². The molecule has 0 amide bonds. The van der Waals surface area contributed by atoms with Crippen molar-refractivity contribution in [3.63, 3.8) is 0 Å². The fourth-order valence-corrected chi connectivity index (χ4v) is 2.58. The van der Waals surface area contributed by atoms with Crippen molar-refractivity contribution in [2.24, 2.45) is 5.92 Å². The van der Waals surface area contributed by atoms with Gasteiger partial charge in [0.15, 0.2) is 0 Å². The third-order valence-electron chi connectivity index (χ3n) is 3.27. The third kappa shape index (κ3) is 0.991. The van der Waals surface area contributed by atoms with Crippen LogP contribution in [0.25, 0.3) is 0 Å². The van der Waals surface area contributed by atoms with Crippen molar-refractivity contribution < 1.29 is 5.11 Å². The predicted octanol–water partition coefficient (Wildman–Crippen LogP) is -0.681. The maximum Gasteiger partial charge on any atom is 0.0562 e. The molecular formula is C8H16N2O. The van der Waals surface area contributed by atoms with Gasteiger partial charge in [0.2, 0.25) is 0 Å². The van der Waals surface area contributed by atoms with Crippen LogP contribution in [0.4, 0.5) is 0 Å². The molecule has 0 spiro atoms. The standard InChI is InChI=1S/C8H16N2O/c1-9-8-3-7(11)2-6(8)4-10-5-8/h6-7,9-11H,2-5H2,1H3/t6-,7?,8-/m1/s1. The molecule has 0 aromatic rings. The van der Waals surface area contributed by atoms with Crippen molar-refractivity contribution >= 4 is 0 Å². The van der Waals surface area contributed by atoms with E-state index in [0.29, 0.717) is 5.92 Å². The molecule has 0 aromatic heterocycles. The largest absolute Gasteiger partial charge is 0.393 e. The molecule has 1 saturated carbocycles. The minimum absolute atomic E-state index is 0.0745. The second-order valence-electron chi connectivity index (χ2n) is 3.83. The van der Waals surface area contributed by atoms with E-state index in [1.165, 1.54) is 0 Å². The van der Waals surface area contributed by atoms with Crippen molar-refractivity contribution in [2.75, 3.05) is 20.1 Å². The Morgan fingerprint density at radius 3 is 3.09 bits per heavy atom. The summed E-state index contributed by atoms with van der Waals surface area (Å²) >= 11 is 0. The maximum atomic E-state index is 9.46. The fourth-order valence-electron chi connectivity index (χ4n) is 2.58. The molecule has 1 aliphatic heterocycles. The number of aliphatic hydroxyl groups is 1. The van der Waals surface area contributed by atoms with E-state index in [9.17, 15) is 5.11 Å². The van der Waals surface area contributed by atoms with Crippen LogP contribution in [0.3, 0.4) is 0 Å². The minimum atomic E-state index is -0.0745. The minimum Gasteiger partial charge on any atom is -0.393 e. The number of rotatable bonds is 1. The van der Waals surface area contributed by atoms with Crippen molar-refractivity contribution in [2.45, 2.75) is 24.5 Å². The summed E-state index contributed by atoms with van der Waals surface area (Å²) in [5.41, 5.74) is 0.208. The second-order valence-corrected chi connectivity index (χ2v) is 3.83. The molecule has 3 atom stereocenters. The lowest BCUT2D eigenvalue weighted by Crippen LogP contribution is -2.47. The molecule has 0 bridgehead atoms. The molecule has 11 heavy (non-hydrogen) atoms. The summed E-state index contributed by atoms with van der Waals surface area (Å²) in [7, 11) is 2.00. The number of likely N-dealkylation sites (N-methyl/N-ethyl adjacent to an activating group) is 1. The summed E-state index contributed by atoms with van der Waals surface area (Å²) in [5, 5.41) is 16.2. The van der Waals surface area contributed by atoms with Gasteiger partial charge in [0, 0.05) is 12.1 Å². The van der Waals surface area contributed by atoms with Crippen LogP contribution in [0.5, 0.6) is 0 Å². The van der Waals surface area contributed by atoms with Gasteiger partial charge in [0.05, 0.1) is 6.10 Å². The molecule has 2 aliphatic rings. The highest BCUT2D eigenvalue weighted by Gasteiger charge is 2.48. The van der Waals surface area contributed by atoms with Crippen LogP contribution < -0.4 is 10.6 Å². The lowest BCUT2D eigenvalue weighted by molar-refractivity contribution is 0.168. The van der Waals surface area contributed by atoms with Crippen LogP contribution in [0, 0.1) is 5.92 Å². The molecule has 3 nitrogen and oxygen atoms in total. The molecular weight excluding hydrogens is 140 g/mol. The van der Waals surface area contributed by atoms with E-state index in [1.54, 1.807) is 0 Å². The smallest absolute Gasteiger partial charge is 0.0562 e. The second kappa shape index (κ2) is 2.44. The van der Waals surface area contributed by atoms with Gasteiger partial charge in [-0.15, -0.1) is 0 Å². The van der Waals surface area contributed by atoms with Gasteiger partial charge in [-0.2, -0.15) is 0 Å². The van der Waals surface area contributed by atoms with Crippen LogP contribution in [-0.2, 0) is 0 Å². The van der Waals surface area contributed by atoms with Gasteiger partial charge < -0.3 is 15.7 Å².